The molecular formula is C12H13N5O2. The molecule has 1 aliphatic rings. The summed E-state index contributed by atoms with van der Waals surface area (Å²) in [6, 6.07) is 1.09. The molecule has 7 nitrogen and oxygen atoms in total. The molecule has 1 unspecified atom stereocenters. The Hall–Kier alpha value is -2.49. The molecule has 1 atom stereocenters. The lowest BCUT2D eigenvalue weighted by molar-refractivity contribution is -0.140. The quantitative estimate of drug-likeness (QED) is 0.783. The topological polar surface area (TPSA) is 99.0 Å². The second kappa shape index (κ2) is 5.02. The van der Waals surface area contributed by atoms with Gasteiger partial charge >= 0.3 is 0 Å². The zero-order valence-corrected chi connectivity index (χ0v) is 10.6. The highest BCUT2D eigenvalue weighted by molar-refractivity contribution is 6.07. The average Bonchev–Trinajstić information content (AvgIpc) is 2.65. The number of carbonyl (C=O) groups excluding carboxylic acids is 2. The number of anilines is 1. The van der Waals surface area contributed by atoms with E-state index < -0.39 is 6.04 Å². The van der Waals surface area contributed by atoms with Gasteiger partial charge in [-0.05, 0) is 13.8 Å². The summed E-state index contributed by atoms with van der Waals surface area (Å²) >= 11 is 0. The molecule has 1 aromatic heterocycles. The molecule has 1 aromatic rings. The normalized spacial score (nSPS) is 18.8. The smallest absolute Gasteiger partial charge is 0.252 e. The first-order valence-electron chi connectivity index (χ1n) is 5.87. The van der Waals surface area contributed by atoms with Crippen molar-refractivity contribution in [3.8, 4) is 6.07 Å². The van der Waals surface area contributed by atoms with Gasteiger partial charge in [-0.25, -0.2) is 9.97 Å². The molecule has 7 heteroatoms. The molecule has 1 N–H and O–H groups in total. The molecule has 19 heavy (non-hydrogen) atoms. The number of carbonyl (C=O) groups is 2. The fraction of sp³-hybridized carbons (Fsp3) is 0.417. The Labute approximate surface area is 110 Å². The maximum Gasteiger partial charge on any atom is 0.252 e. The van der Waals surface area contributed by atoms with Crippen LogP contribution in [0.15, 0.2) is 12.4 Å². The van der Waals surface area contributed by atoms with Crippen LogP contribution in [0.5, 0.6) is 0 Å². The Morgan fingerprint density at radius 2 is 2.16 bits per heavy atom. The van der Waals surface area contributed by atoms with Crippen LogP contribution in [0, 0.1) is 11.3 Å². The van der Waals surface area contributed by atoms with Crippen molar-refractivity contribution in [3.63, 3.8) is 0 Å². The van der Waals surface area contributed by atoms with E-state index in [1.165, 1.54) is 17.3 Å². The number of amides is 2. The van der Waals surface area contributed by atoms with E-state index in [-0.39, 0.29) is 30.0 Å². The maximum absolute atomic E-state index is 12.0. The summed E-state index contributed by atoms with van der Waals surface area (Å²) in [5.41, 5.74) is 0.197. The second-order valence-corrected chi connectivity index (χ2v) is 4.50. The van der Waals surface area contributed by atoms with Crippen molar-refractivity contribution in [2.75, 3.05) is 5.32 Å². The number of hydrogen-bond acceptors (Lipinski definition) is 6. The molecule has 0 aromatic carbocycles. The average molecular weight is 259 g/mol. The summed E-state index contributed by atoms with van der Waals surface area (Å²) in [6.45, 7) is 3.58. The number of likely N-dealkylation sites (tertiary alicyclic amines) is 1. The molecule has 98 valence electrons. The summed E-state index contributed by atoms with van der Waals surface area (Å²) in [7, 11) is 0. The minimum atomic E-state index is -0.614. The fourth-order valence-corrected chi connectivity index (χ4v) is 1.95. The summed E-state index contributed by atoms with van der Waals surface area (Å²) in [4.78, 5) is 32.8. The Morgan fingerprint density at radius 3 is 2.63 bits per heavy atom. The SMILES string of the molecule is CC(C)N1C(=O)CC(Nc2cnc(C#N)cn2)C1=O. The number of hydrogen-bond donors (Lipinski definition) is 1. The van der Waals surface area contributed by atoms with Crippen molar-refractivity contribution in [2.24, 2.45) is 0 Å². The number of nitrogens with one attached hydrogen (secondary N) is 1. The third-order valence-electron chi connectivity index (χ3n) is 2.79. The van der Waals surface area contributed by atoms with Crippen molar-refractivity contribution in [1.29, 1.82) is 5.26 Å². The van der Waals surface area contributed by atoms with Gasteiger partial charge in [0.1, 0.15) is 17.9 Å². The predicted molar refractivity (Wildman–Crippen MR) is 65.8 cm³/mol. The number of rotatable bonds is 3. The lowest BCUT2D eigenvalue weighted by Gasteiger charge is -2.19. The fourth-order valence-electron chi connectivity index (χ4n) is 1.95. The summed E-state index contributed by atoms with van der Waals surface area (Å²) in [6.07, 6.45) is 2.79. The first kappa shape index (κ1) is 13.0. The third-order valence-corrected chi connectivity index (χ3v) is 2.79. The van der Waals surface area contributed by atoms with Gasteiger partial charge in [-0.1, -0.05) is 0 Å². The van der Waals surface area contributed by atoms with Gasteiger partial charge in [-0.2, -0.15) is 5.26 Å². The van der Waals surface area contributed by atoms with Crippen LogP contribution in [0.25, 0.3) is 0 Å². The Bertz CT molecular complexity index is 546. The summed E-state index contributed by atoms with van der Waals surface area (Å²) < 4.78 is 0. The summed E-state index contributed by atoms with van der Waals surface area (Å²) in [5, 5.41) is 11.5. The van der Waals surface area contributed by atoms with Crippen molar-refractivity contribution in [3.05, 3.63) is 18.1 Å². The zero-order chi connectivity index (χ0) is 14.0. The van der Waals surface area contributed by atoms with Gasteiger partial charge in [0.05, 0.1) is 18.8 Å². The lowest BCUT2D eigenvalue weighted by atomic mass is 10.2. The molecule has 1 saturated heterocycles. The molecule has 1 fully saturated rings. The van der Waals surface area contributed by atoms with Crippen LogP contribution in [-0.4, -0.2) is 38.8 Å². The predicted octanol–water partition coefficient (Wildman–Crippen LogP) is 0.296. The van der Waals surface area contributed by atoms with Crippen LogP contribution in [-0.2, 0) is 9.59 Å². The van der Waals surface area contributed by atoms with Gasteiger partial charge in [0.15, 0.2) is 5.69 Å². The molecule has 0 aliphatic carbocycles. The van der Waals surface area contributed by atoms with E-state index in [2.05, 4.69) is 15.3 Å². The highest BCUT2D eigenvalue weighted by Gasteiger charge is 2.39. The second-order valence-electron chi connectivity index (χ2n) is 4.50. The Morgan fingerprint density at radius 1 is 1.42 bits per heavy atom. The zero-order valence-electron chi connectivity index (χ0n) is 10.6. The number of nitriles is 1. The molecule has 0 radical (unpaired) electrons. The van der Waals surface area contributed by atoms with E-state index in [1.807, 2.05) is 6.07 Å². The van der Waals surface area contributed by atoms with Crippen LogP contribution < -0.4 is 5.32 Å². The van der Waals surface area contributed by atoms with Gasteiger partial charge in [-0.15, -0.1) is 0 Å². The molecule has 2 heterocycles. The molecule has 1 aliphatic heterocycles. The van der Waals surface area contributed by atoms with Crippen LogP contribution in [0.1, 0.15) is 26.0 Å². The van der Waals surface area contributed by atoms with Crippen LogP contribution >= 0.6 is 0 Å². The Kier molecular flexibility index (Phi) is 3.42. The Balaban J connectivity index is 2.10. The van der Waals surface area contributed by atoms with Gasteiger partial charge < -0.3 is 5.32 Å². The van der Waals surface area contributed by atoms with Gasteiger partial charge in [0.2, 0.25) is 5.91 Å². The van der Waals surface area contributed by atoms with E-state index in [0.29, 0.717) is 5.82 Å². The summed E-state index contributed by atoms with van der Waals surface area (Å²) in [5.74, 6) is -0.0824. The van der Waals surface area contributed by atoms with E-state index in [1.54, 1.807) is 13.8 Å². The minimum Gasteiger partial charge on any atom is -0.357 e. The molecule has 2 amide bonds. The largest absolute Gasteiger partial charge is 0.357 e. The first-order valence-corrected chi connectivity index (χ1v) is 5.87. The van der Waals surface area contributed by atoms with Gasteiger partial charge in [0, 0.05) is 6.04 Å². The van der Waals surface area contributed by atoms with Gasteiger partial charge in [0.25, 0.3) is 5.91 Å². The van der Waals surface area contributed by atoms with Crippen molar-refractivity contribution in [1.82, 2.24) is 14.9 Å². The van der Waals surface area contributed by atoms with Gasteiger partial charge in [-0.3, -0.25) is 14.5 Å². The van der Waals surface area contributed by atoms with Crippen molar-refractivity contribution < 1.29 is 9.59 Å². The monoisotopic (exact) mass is 259 g/mol. The molecule has 0 spiro atoms. The third kappa shape index (κ3) is 2.52. The number of imide groups is 1. The molecule has 2 rings (SSSR count). The van der Waals surface area contributed by atoms with Crippen molar-refractivity contribution >= 4 is 17.6 Å². The molecular weight excluding hydrogens is 246 g/mol. The van der Waals surface area contributed by atoms with E-state index in [0.717, 1.165) is 0 Å². The standard InChI is InChI=1S/C12H13N5O2/c1-7(2)17-11(18)3-9(12(17)19)16-10-6-14-8(4-13)5-15-10/h5-7,9H,3H2,1-2H3,(H,15,16). The molecule has 0 bridgehead atoms. The van der Waals surface area contributed by atoms with E-state index >= 15 is 0 Å². The van der Waals surface area contributed by atoms with Crippen LogP contribution in [0.2, 0.25) is 0 Å². The molecule has 0 saturated carbocycles. The van der Waals surface area contributed by atoms with Crippen LogP contribution in [0.4, 0.5) is 5.82 Å². The highest BCUT2D eigenvalue weighted by Crippen LogP contribution is 2.19. The number of aromatic nitrogens is 2. The van der Waals surface area contributed by atoms with E-state index in [4.69, 9.17) is 5.26 Å². The number of nitrogens with zero attached hydrogens (tertiary/aromatic N) is 4. The maximum atomic E-state index is 12.0. The first-order chi connectivity index (χ1) is 9.02. The van der Waals surface area contributed by atoms with Crippen LogP contribution in [0.3, 0.4) is 0 Å². The van der Waals surface area contributed by atoms with E-state index in [9.17, 15) is 9.59 Å². The van der Waals surface area contributed by atoms with Crippen molar-refractivity contribution in [2.45, 2.75) is 32.4 Å². The minimum absolute atomic E-state index is 0.110. The highest BCUT2D eigenvalue weighted by atomic mass is 16.2. The lowest BCUT2D eigenvalue weighted by Crippen LogP contribution is -2.39.